The molecule has 150 valence electrons. The molecule has 10 heteroatoms. The molecule has 2 aromatic carbocycles. The molecule has 0 atom stereocenters. The number of para-hydroxylation sites is 2. The van der Waals surface area contributed by atoms with Crippen molar-refractivity contribution in [3.63, 3.8) is 0 Å². The minimum Gasteiger partial charge on any atom is -0.320 e. The Hall–Kier alpha value is -4.21. The highest BCUT2D eigenvalue weighted by molar-refractivity contribution is 6.06. The number of carbonyl (C=O) groups is 1. The molecular weight excluding hydrogens is 394 g/mol. The first kappa shape index (κ1) is 19.1. The maximum Gasteiger partial charge on any atom is 0.268 e. The number of aromatic nitrogens is 5. The summed E-state index contributed by atoms with van der Waals surface area (Å²) in [6.45, 7) is 1.58. The fourth-order valence-electron chi connectivity index (χ4n) is 3.00. The van der Waals surface area contributed by atoms with Gasteiger partial charge < -0.3 is 5.32 Å². The van der Waals surface area contributed by atoms with Gasteiger partial charge in [0.15, 0.2) is 0 Å². The first-order chi connectivity index (χ1) is 14.5. The minimum atomic E-state index is -0.794. The van der Waals surface area contributed by atoms with E-state index in [9.17, 15) is 18.4 Å². The number of nitrogens with zero attached hydrogens (tertiary/aromatic N) is 5. The molecule has 1 amide bonds. The number of rotatable bonds is 4. The molecule has 0 radical (unpaired) electrons. The molecule has 30 heavy (non-hydrogen) atoms. The van der Waals surface area contributed by atoms with Gasteiger partial charge in [0.1, 0.15) is 23.5 Å². The van der Waals surface area contributed by atoms with Gasteiger partial charge in [0.05, 0.1) is 17.1 Å². The van der Waals surface area contributed by atoms with Crippen molar-refractivity contribution in [2.24, 2.45) is 0 Å². The Morgan fingerprint density at radius 2 is 1.87 bits per heavy atom. The van der Waals surface area contributed by atoms with Crippen molar-refractivity contribution >= 4 is 11.6 Å². The molecule has 4 rings (SSSR count). The summed E-state index contributed by atoms with van der Waals surface area (Å²) in [6.07, 6.45) is 2.65. The standard InChI is InChI=1S/C20H14F2N6O2/c1-12-8-9-27(17-10-13(21)6-7-14(17)22)20(30)18(12)19(29)24-15-4-2-3-5-16(15)28-11-23-25-26-28/h2-11H,1H3,(H,24,29). The number of nitrogens with one attached hydrogen (secondary N) is 1. The number of anilines is 1. The summed E-state index contributed by atoms with van der Waals surface area (Å²) in [5, 5.41) is 13.6. The third kappa shape index (κ3) is 3.46. The van der Waals surface area contributed by atoms with E-state index >= 15 is 0 Å². The number of carbonyl (C=O) groups excluding carboxylic acids is 1. The molecule has 0 unspecified atom stereocenters. The molecule has 4 aromatic rings. The zero-order chi connectivity index (χ0) is 21.3. The summed E-state index contributed by atoms with van der Waals surface area (Å²) in [6, 6.07) is 11.0. The van der Waals surface area contributed by atoms with Crippen molar-refractivity contribution in [1.29, 1.82) is 0 Å². The van der Waals surface area contributed by atoms with Crippen LogP contribution in [0.25, 0.3) is 11.4 Å². The number of halogens is 2. The SMILES string of the molecule is Cc1ccn(-c2cc(F)ccc2F)c(=O)c1C(=O)Nc1ccccc1-n1cnnn1. The molecule has 0 fully saturated rings. The van der Waals surface area contributed by atoms with E-state index in [4.69, 9.17) is 0 Å². The highest BCUT2D eigenvalue weighted by Crippen LogP contribution is 2.20. The minimum absolute atomic E-state index is 0.201. The third-order valence-corrected chi connectivity index (χ3v) is 4.44. The third-order valence-electron chi connectivity index (χ3n) is 4.44. The van der Waals surface area contributed by atoms with Crippen LogP contribution in [-0.4, -0.2) is 30.7 Å². The molecular formula is C20H14F2N6O2. The van der Waals surface area contributed by atoms with Crippen LogP contribution in [0.4, 0.5) is 14.5 Å². The van der Waals surface area contributed by atoms with E-state index in [1.54, 1.807) is 31.2 Å². The van der Waals surface area contributed by atoms with Crippen LogP contribution >= 0.6 is 0 Å². The lowest BCUT2D eigenvalue weighted by Gasteiger charge is -2.13. The van der Waals surface area contributed by atoms with Crippen LogP contribution in [-0.2, 0) is 0 Å². The quantitative estimate of drug-likeness (QED) is 0.560. The zero-order valence-corrected chi connectivity index (χ0v) is 15.6. The molecule has 1 N–H and O–H groups in total. The highest BCUT2D eigenvalue weighted by Gasteiger charge is 2.19. The van der Waals surface area contributed by atoms with Gasteiger partial charge in [-0.05, 0) is 53.2 Å². The van der Waals surface area contributed by atoms with E-state index in [2.05, 4.69) is 20.8 Å². The normalized spacial score (nSPS) is 10.8. The fourth-order valence-corrected chi connectivity index (χ4v) is 3.00. The monoisotopic (exact) mass is 408 g/mol. The molecule has 0 saturated heterocycles. The van der Waals surface area contributed by atoms with Gasteiger partial charge in [-0.25, -0.2) is 8.78 Å². The Morgan fingerprint density at radius 1 is 1.07 bits per heavy atom. The average Bonchev–Trinajstić information content (AvgIpc) is 3.25. The van der Waals surface area contributed by atoms with Gasteiger partial charge in [0.2, 0.25) is 0 Å². The van der Waals surface area contributed by atoms with Gasteiger partial charge >= 0.3 is 0 Å². The molecule has 0 spiro atoms. The molecule has 2 aromatic heterocycles. The van der Waals surface area contributed by atoms with Gasteiger partial charge in [-0.2, -0.15) is 4.68 Å². The molecule has 0 aliphatic heterocycles. The second-order valence-electron chi connectivity index (χ2n) is 6.37. The first-order valence-electron chi connectivity index (χ1n) is 8.77. The molecule has 2 heterocycles. The molecule has 0 aliphatic carbocycles. The van der Waals surface area contributed by atoms with Crippen molar-refractivity contribution in [2.75, 3.05) is 5.32 Å². The lowest BCUT2D eigenvalue weighted by Crippen LogP contribution is -2.30. The number of pyridine rings is 1. The van der Waals surface area contributed by atoms with Crippen LogP contribution in [0.5, 0.6) is 0 Å². The Labute approximate surface area is 168 Å². The van der Waals surface area contributed by atoms with E-state index in [1.165, 1.54) is 23.3 Å². The van der Waals surface area contributed by atoms with Crippen LogP contribution in [0.2, 0.25) is 0 Å². The maximum atomic E-state index is 14.2. The van der Waals surface area contributed by atoms with Crippen molar-refractivity contribution in [1.82, 2.24) is 24.8 Å². The summed E-state index contributed by atoms with van der Waals surface area (Å²) in [5.41, 5.74) is -0.0416. The van der Waals surface area contributed by atoms with Crippen LogP contribution in [0.15, 0.2) is 65.8 Å². The van der Waals surface area contributed by atoms with Gasteiger partial charge in [-0.1, -0.05) is 12.1 Å². The highest BCUT2D eigenvalue weighted by atomic mass is 19.1. The van der Waals surface area contributed by atoms with E-state index in [1.807, 2.05) is 0 Å². The Kier molecular flexibility index (Phi) is 4.88. The summed E-state index contributed by atoms with van der Waals surface area (Å²) < 4.78 is 30.0. The van der Waals surface area contributed by atoms with Crippen molar-refractivity contribution in [3.05, 3.63) is 94.2 Å². The van der Waals surface area contributed by atoms with E-state index in [-0.39, 0.29) is 11.3 Å². The van der Waals surface area contributed by atoms with Gasteiger partial charge in [-0.3, -0.25) is 14.2 Å². The number of hydrogen-bond donors (Lipinski definition) is 1. The number of tetrazole rings is 1. The molecule has 8 nitrogen and oxygen atoms in total. The van der Waals surface area contributed by atoms with Gasteiger partial charge in [-0.15, -0.1) is 5.10 Å². The number of amides is 1. The fraction of sp³-hybridized carbons (Fsp3) is 0.0500. The van der Waals surface area contributed by atoms with Crippen LogP contribution < -0.4 is 10.9 Å². The summed E-state index contributed by atoms with van der Waals surface area (Å²) >= 11 is 0. The van der Waals surface area contributed by atoms with Crippen molar-refractivity contribution in [3.8, 4) is 11.4 Å². The second kappa shape index (κ2) is 7.66. The number of aryl methyl sites for hydroxylation is 1. The predicted octanol–water partition coefficient (Wildman–Crippen LogP) is 2.65. The molecule has 0 saturated carbocycles. The van der Waals surface area contributed by atoms with E-state index < -0.39 is 23.1 Å². The number of benzene rings is 2. The van der Waals surface area contributed by atoms with Crippen molar-refractivity contribution < 1.29 is 13.6 Å². The number of hydrogen-bond acceptors (Lipinski definition) is 5. The van der Waals surface area contributed by atoms with Gasteiger partial charge in [0, 0.05) is 12.3 Å². The molecule has 0 aliphatic rings. The Balaban J connectivity index is 1.76. The maximum absolute atomic E-state index is 14.2. The summed E-state index contributed by atoms with van der Waals surface area (Å²) in [5.74, 6) is -2.21. The van der Waals surface area contributed by atoms with Crippen molar-refractivity contribution in [2.45, 2.75) is 6.92 Å². The predicted molar refractivity (Wildman–Crippen MR) is 104 cm³/mol. The summed E-state index contributed by atoms with van der Waals surface area (Å²) in [4.78, 5) is 25.9. The second-order valence-corrected chi connectivity index (χ2v) is 6.37. The Morgan fingerprint density at radius 3 is 2.63 bits per heavy atom. The zero-order valence-electron chi connectivity index (χ0n) is 15.6. The Bertz CT molecular complexity index is 1300. The summed E-state index contributed by atoms with van der Waals surface area (Å²) in [7, 11) is 0. The molecule has 0 bridgehead atoms. The average molecular weight is 408 g/mol. The lowest BCUT2D eigenvalue weighted by atomic mass is 10.1. The largest absolute Gasteiger partial charge is 0.320 e. The van der Waals surface area contributed by atoms with Crippen LogP contribution in [0.3, 0.4) is 0 Å². The van der Waals surface area contributed by atoms with E-state index in [0.29, 0.717) is 16.9 Å². The van der Waals surface area contributed by atoms with Crippen LogP contribution in [0.1, 0.15) is 15.9 Å². The topological polar surface area (TPSA) is 94.7 Å². The van der Waals surface area contributed by atoms with Gasteiger partial charge in [0.25, 0.3) is 11.5 Å². The lowest BCUT2D eigenvalue weighted by molar-refractivity contribution is 0.102. The first-order valence-corrected chi connectivity index (χ1v) is 8.77. The smallest absolute Gasteiger partial charge is 0.268 e. The van der Waals surface area contributed by atoms with Crippen LogP contribution in [0, 0.1) is 18.6 Å². The van der Waals surface area contributed by atoms with E-state index in [0.717, 1.165) is 22.8 Å².